The summed E-state index contributed by atoms with van der Waals surface area (Å²) < 4.78 is 1.02. The number of nitrogens with one attached hydrogen (secondary N) is 2. The van der Waals surface area contributed by atoms with Crippen molar-refractivity contribution in [1.82, 2.24) is 10.2 Å². The molecule has 2 rings (SSSR count). The second-order valence-electron chi connectivity index (χ2n) is 6.75. The Labute approximate surface area is 169 Å². The number of hydrogen-bond acceptors (Lipinski definition) is 3. The third-order valence-corrected chi connectivity index (χ3v) is 5.08. The van der Waals surface area contributed by atoms with Gasteiger partial charge < -0.3 is 10.6 Å². The highest BCUT2D eigenvalue weighted by Gasteiger charge is 2.19. The van der Waals surface area contributed by atoms with Crippen LogP contribution in [0.5, 0.6) is 0 Å². The number of carbonyl (C=O) groups excluding carboxylic acids is 2. The fourth-order valence-corrected chi connectivity index (χ4v) is 2.99. The van der Waals surface area contributed by atoms with Crippen LogP contribution >= 0.6 is 15.9 Å². The van der Waals surface area contributed by atoms with Crippen LogP contribution in [-0.2, 0) is 16.1 Å². The van der Waals surface area contributed by atoms with Crippen LogP contribution in [0.15, 0.2) is 46.9 Å². The number of aryl methyl sites for hydroxylation is 2. The first-order valence-electron chi connectivity index (χ1n) is 8.86. The number of amides is 2. The van der Waals surface area contributed by atoms with Crippen molar-refractivity contribution < 1.29 is 9.59 Å². The first-order valence-corrected chi connectivity index (χ1v) is 9.65. The van der Waals surface area contributed by atoms with Crippen LogP contribution in [0.3, 0.4) is 0 Å². The maximum Gasteiger partial charge on any atom is 0.243 e. The van der Waals surface area contributed by atoms with E-state index in [-0.39, 0.29) is 24.4 Å². The first-order chi connectivity index (χ1) is 12.8. The second kappa shape index (κ2) is 9.67. The molecular formula is C21H26BrN3O2. The number of anilines is 1. The van der Waals surface area contributed by atoms with Gasteiger partial charge in [-0.1, -0.05) is 46.3 Å². The SMILES string of the molecule is Cc1cccc(C)c1NC(=O)CNC(=O)[C@H](C)N(C)Cc1ccc(Br)cc1. The number of nitrogens with zero attached hydrogens (tertiary/aromatic N) is 1. The lowest BCUT2D eigenvalue weighted by molar-refractivity contribution is -0.127. The Morgan fingerprint density at radius 1 is 1.07 bits per heavy atom. The van der Waals surface area contributed by atoms with Crippen LogP contribution in [0.25, 0.3) is 0 Å². The van der Waals surface area contributed by atoms with Crippen molar-refractivity contribution in [2.75, 3.05) is 18.9 Å². The molecule has 0 aliphatic rings. The molecule has 0 unspecified atom stereocenters. The van der Waals surface area contributed by atoms with Crippen LogP contribution in [0.1, 0.15) is 23.6 Å². The van der Waals surface area contributed by atoms with E-state index in [2.05, 4.69) is 26.6 Å². The zero-order valence-corrected chi connectivity index (χ0v) is 17.8. The van der Waals surface area contributed by atoms with Crippen molar-refractivity contribution in [2.45, 2.75) is 33.4 Å². The lowest BCUT2D eigenvalue weighted by atomic mass is 10.1. The molecule has 5 nitrogen and oxygen atoms in total. The molecule has 144 valence electrons. The Hall–Kier alpha value is -2.18. The van der Waals surface area contributed by atoms with Gasteiger partial charge in [-0.2, -0.15) is 0 Å². The molecule has 0 aliphatic carbocycles. The molecule has 0 saturated heterocycles. The lowest BCUT2D eigenvalue weighted by Crippen LogP contribution is -2.45. The molecule has 6 heteroatoms. The van der Waals surface area contributed by atoms with E-state index in [1.807, 2.05) is 75.2 Å². The van der Waals surface area contributed by atoms with Crippen molar-refractivity contribution in [3.05, 3.63) is 63.6 Å². The molecule has 0 aromatic heterocycles. The van der Waals surface area contributed by atoms with Crippen molar-refractivity contribution in [3.63, 3.8) is 0 Å². The highest BCUT2D eigenvalue weighted by Crippen LogP contribution is 2.19. The zero-order chi connectivity index (χ0) is 20.0. The first kappa shape index (κ1) is 21.1. The average molecular weight is 432 g/mol. The summed E-state index contributed by atoms with van der Waals surface area (Å²) in [6, 6.07) is 13.5. The topological polar surface area (TPSA) is 61.4 Å². The van der Waals surface area contributed by atoms with Gasteiger partial charge in [-0.15, -0.1) is 0 Å². The van der Waals surface area contributed by atoms with Gasteiger partial charge in [0.15, 0.2) is 0 Å². The normalized spacial score (nSPS) is 11.9. The van der Waals surface area contributed by atoms with Crippen molar-refractivity contribution in [2.24, 2.45) is 0 Å². The Bertz CT molecular complexity index is 785. The minimum Gasteiger partial charge on any atom is -0.346 e. The van der Waals surface area contributed by atoms with E-state index < -0.39 is 0 Å². The smallest absolute Gasteiger partial charge is 0.243 e. The van der Waals surface area contributed by atoms with Gasteiger partial charge in [0, 0.05) is 16.7 Å². The Morgan fingerprint density at radius 3 is 2.26 bits per heavy atom. The molecular weight excluding hydrogens is 406 g/mol. The summed E-state index contributed by atoms with van der Waals surface area (Å²) in [5.41, 5.74) is 3.92. The van der Waals surface area contributed by atoms with Gasteiger partial charge >= 0.3 is 0 Å². The molecule has 1 atom stereocenters. The molecule has 0 fully saturated rings. The van der Waals surface area contributed by atoms with Gasteiger partial charge in [0.2, 0.25) is 11.8 Å². The summed E-state index contributed by atoms with van der Waals surface area (Å²) in [7, 11) is 1.89. The zero-order valence-electron chi connectivity index (χ0n) is 16.2. The largest absolute Gasteiger partial charge is 0.346 e. The molecule has 0 saturated carbocycles. The predicted octanol–water partition coefficient (Wildman–Crippen LogP) is 3.64. The number of halogens is 1. The highest BCUT2D eigenvalue weighted by atomic mass is 79.9. The fraction of sp³-hybridized carbons (Fsp3) is 0.333. The van der Waals surface area contributed by atoms with Crippen LogP contribution < -0.4 is 10.6 Å². The molecule has 2 aromatic rings. The molecule has 0 aliphatic heterocycles. The molecule has 2 amide bonds. The third-order valence-electron chi connectivity index (χ3n) is 4.55. The fourth-order valence-electron chi connectivity index (χ4n) is 2.73. The average Bonchev–Trinajstić information content (AvgIpc) is 2.64. The van der Waals surface area contributed by atoms with E-state index in [1.54, 1.807) is 0 Å². The summed E-state index contributed by atoms with van der Waals surface area (Å²) in [5.74, 6) is -0.408. The molecule has 0 heterocycles. The Kier molecular flexibility index (Phi) is 7.56. The van der Waals surface area contributed by atoms with Gasteiger partial charge in [-0.3, -0.25) is 14.5 Å². The number of para-hydroxylation sites is 1. The molecule has 2 aromatic carbocycles. The van der Waals surface area contributed by atoms with Crippen molar-refractivity contribution in [1.29, 1.82) is 0 Å². The minimum absolute atomic E-state index is 0.0525. The van der Waals surface area contributed by atoms with Crippen LogP contribution in [0, 0.1) is 13.8 Å². The van der Waals surface area contributed by atoms with Gasteiger partial charge in [-0.05, 0) is 56.6 Å². The summed E-state index contributed by atoms with van der Waals surface area (Å²) in [6.07, 6.45) is 0. The molecule has 0 spiro atoms. The quantitative estimate of drug-likeness (QED) is 0.703. The van der Waals surface area contributed by atoms with E-state index in [4.69, 9.17) is 0 Å². The Morgan fingerprint density at radius 2 is 1.67 bits per heavy atom. The minimum atomic E-state index is -0.346. The number of carbonyl (C=O) groups is 2. The number of rotatable bonds is 7. The summed E-state index contributed by atoms with van der Waals surface area (Å²) in [5, 5.41) is 5.59. The van der Waals surface area contributed by atoms with Crippen LogP contribution in [0.4, 0.5) is 5.69 Å². The molecule has 0 radical (unpaired) electrons. The van der Waals surface area contributed by atoms with E-state index >= 15 is 0 Å². The van der Waals surface area contributed by atoms with E-state index in [1.165, 1.54) is 0 Å². The van der Waals surface area contributed by atoms with Gasteiger partial charge in [0.25, 0.3) is 0 Å². The molecule has 2 N–H and O–H groups in total. The van der Waals surface area contributed by atoms with Gasteiger partial charge in [0.05, 0.1) is 12.6 Å². The van der Waals surface area contributed by atoms with Gasteiger partial charge in [-0.25, -0.2) is 0 Å². The number of likely N-dealkylation sites (N-methyl/N-ethyl adjacent to an activating group) is 1. The highest BCUT2D eigenvalue weighted by molar-refractivity contribution is 9.10. The predicted molar refractivity (Wildman–Crippen MR) is 113 cm³/mol. The van der Waals surface area contributed by atoms with E-state index in [0.29, 0.717) is 6.54 Å². The maximum absolute atomic E-state index is 12.4. The number of hydrogen-bond donors (Lipinski definition) is 2. The monoisotopic (exact) mass is 431 g/mol. The summed E-state index contributed by atoms with van der Waals surface area (Å²) >= 11 is 3.41. The van der Waals surface area contributed by atoms with E-state index in [0.717, 1.165) is 26.9 Å². The summed E-state index contributed by atoms with van der Waals surface area (Å²) in [6.45, 7) is 6.32. The van der Waals surface area contributed by atoms with Crippen LogP contribution in [-0.4, -0.2) is 36.3 Å². The maximum atomic E-state index is 12.4. The Balaban J connectivity index is 1.84. The molecule has 27 heavy (non-hydrogen) atoms. The van der Waals surface area contributed by atoms with Crippen LogP contribution in [0.2, 0.25) is 0 Å². The second-order valence-corrected chi connectivity index (χ2v) is 7.67. The lowest BCUT2D eigenvalue weighted by Gasteiger charge is -2.24. The third kappa shape index (κ3) is 6.19. The van der Waals surface area contributed by atoms with Gasteiger partial charge in [0.1, 0.15) is 0 Å². The number of benzene rings is 2. The summed E-state index contributed by atoms with van der Waals surface area (Å²) in [4.78, 5) is 26.5. The molecule has 0 bridgehead atoms. The standard InChI is InChI=1S/C21H26BrN3O2/c1-14-6-5-7-15(2)20(14)24-19(26)12-23-21(27)16(3)25(4)13-17-8-10-18(22)11-9-17/h5-11,16H,12-13H2,1-4H3,(H,23,27)(H,24,26)/t16-/m0/s1. The van der Waals surface area contributed by atoms with Crippen molar-refractivity contribution in [3.8, 4) is 0 Å². The van der Waals surface area contributed by atoms with E-state index in [9.17, 15) is 9.59 Å². The van der Waals surface area contributed by atoms with Crippen molar-refractivity contribution >= 4 is 33.4 Å².